The van der Waals surface area contributed by atoms with Crippen molar-refractivity contribution in [3.63, 3.8) is 0 Å². The maximum atomic E-state index is 13.2. The Bertz CT molecular complexity index is 1120. The molecule has 1 heterocycles. The van der Waals surface area contributed by atoms with Crippen LogP contribution in [0, 0.1) is 0 Å². The lowest BCUT2D eigenvalue weighted by molar-refractivity contribution is -0.118. The first-order chi connectivity index (χ1) is 17.7. The summed E-state index contributed by atoms with van der Waals surface area (Å²) in [5.74, 6) is 0.398. The molecular weight excluding hydrogens is 466 g/mol. The second-order valence-electron chi connectivity index (χ2n) is 9.98. The molecule has 0 saturated heterocycles. The predicted octanol–water partition coefficient (Wildman–Crippen LogP) is 6.08. The Labute approximate surface area is 219 Å². The Morgan fingerprint density at radius 1 is 0.892 bits per heavy atom. The van der Waals surface area contributed by atoms with Crippen molar-refractivity contribution in [3.05, 3.63) is 89.7 Å². The molecule has 0 fully saturated rings. The van der Waals surface area contributed by atoms with E-state index in [1.165, 1.54) is 5.56 Å². The third-order valence-corrected chi connectivity index (χ3v) is 5.57. The molecule has 1 aromatic heterocycles. The normalized spacial score (nSPS) is 11.9. The number of carbonyl (C=O) groups is 2. The smallest absolute Gasteiger partial charge is 0.408 e. The van der Waals surface area contributed by atoms with Crippen LogP contribution in [0.2, 0.25) is 0 Å². The molecule has 37 heavy (non-hydrogen) atoms. The molecule has 0 bridgehead atoms. The van der Waals surface area contributed by atoms with Crippen molar-refractivity contribution in [1.82, 2.24) is 10.3 Å². The highest BCUT2D eigenvalue weighted by atomic mass is 16.6. The van der Waals surface area contributed by atoms with Gasteiger partial charge in [-0.3, -0.25) is 9.78 Å². The Morgan fingerprint density at radius 3 is 2.16 bits per heavy atom. The predicted molar refractivity (Wildman–Crippen MR) is 146 cm³/mol. The van der Waals surface area contributed by atoms with Crippen molar-refractivity contribution in [1.29, 1.82) is 0 Å². The van der Waals surface area contributed by atoms with Gasteiger partial charge < -0.3 is 20.1 Å². The van der Waals surface area contributed by atoms with E-state index in [4.69, 9.17) is 9.47 Å². The van der Waals surface area contributed by atoms with E-state index in [9.17, 15) is 9.59 Å². The highest BCUT2D eigenvalue weighted by Crippen LogP contribution is 2.17. The molecule has 7 nitrogen and oxygen atoms in total. The van der Waals surface area contributed by atoms with Crippen LogP contribution in [0.5, 0.6) is 5.75 Å². The SMILES string of the molecule is CCCCc1ccc(NC(=O)[C@H](Cc2ccc(OCc3ccncc3)cc2)NC(=O)OC(C)(C)C)cc1. The van der Waals surface area contributed by atoms with E-state index >= 15 is 0 Å². The van der Waals surface area contributed by atoms with Crippen LogP contribution in [0.15, 0.2) is 73.1 Å². The van der Waals surface area contributed by atoms with Gasteiger partial charge in [-0.1, -0.05) is 37.6 Å². The molecule has 0 spiro atoms. The Morgan fingerprint density at radius 2 is 1.54 bits per heavy atom. The average molecular weight is 504 g/mol. The molecule has 1 atom stereocenters. The van der Waals surface area contributed by atoms with Gasteiger partial charge in [-0.15, -0.1) is 0 Å². The topological polar surface area (TPSA) is 89.5 Å². The third-order valence-electron chi connectivity index (χ3n) is 5.57. The summed E-state index contributed by atoms with van der Waals surface area (Å²) in [7, 11) is 0. The maximum absolute atomic E-state index is 13.2. The Hall–Kier alpha value is -3.87. The number of nitrogens with one attached hydrogen (secondary N) is 2. The molecule has 0 aliphatic rings. The number of amides is 2. The van der Waals surface area contributed by atoms with Gasteiger partial charge in [0, 0.05) is 24.5 Å². The van der Waals surface area contributed by atoms with Crippen molar-refractivity contribution >= 4 is 17.7 Å². The van der Waals surface area contributed by atoms with Crippen LogP contribution in [0.4, 0.5) is 10.5 Å². The summed E-state index contributed by atoms with van der Waals surface area (Å²) in [5, 5.41) is 5.66. The molecule has 0 saturated carbocycles. The summed E-state index contributed by atoms with van der Waals surface area (Å²) in [6.45, 7) is 7.95. The third kappa shape index (κ3) is 9.95. The van der Waals surface area contributed by atoms with Crippen LogP contribution < -0.4 is 15.4 Å². The van der Waals surface area contributed by atoms with Crippen molar-refractivity contribution in [2.24, 2.45) is 0 Å². The molecule has 2 amide bonds. The molecule has 7 heteroatoms. The van der Waals surface area contributed by atoms with Crippen LogP contribution in [-0.4, -0.2) is 28.6 Å². The van der Waals surface area contributed by atoms with Gasteiger partial charge >= 0.3 is 6.09 Å². The zero-order chi connectivity index (χ0) is 26.7. The van der Waals surface area contributed by atoms with E-state index in [0.717, 1.165) is 30.4 Å². The van der Waals surface area contributed by atoms with E-state index < -0.39 is 17.7 Å². The van der Waals surface area contributed by atoms with Crippen LogP contribution in [0.25, 0.3) is 0 Å². The zero-order valence-electron chi connectivity index (χ0n) is 22.1. The Kier molecular flexibility index (Phi) is 10.1. The number of rotatable bonds is 11. The van der Waals surface area contributed by atoms with Gasteiger partial charge in [0.1, 0.15) is 24.0 Å². The first-order valence-electron chi connectivity index (χ1n) is 12.7. The number of aryl methyl sites for hydroxylation is 1. The van der Waals surface area contributed by atoms with Gasteiger partial charge in [0.2, 0.25) is 5.91 Å². The van der Waals surface area contributed by atoms with Gasteiger partial charge in [0.05, 0.1) is 0 Å². The second-order valence-corrected chi connectivity index (χ2v) is 9.98. The summed E-state index contributed by atoms with van der Waals surface area (Å²) in [6.07, 6.45) is 6.38. The van der Waals surface area contributed by atoms with Gasteiger partial charge in [-0.25, -0.2) is 4.79 Å². The lowest BCUT2D eigenvalue weighted by atomic mass is 10.0. The number of alkyl carbamates (subject to hydrolysis) is 1. The van der Waals surface area contributed by atoms with Crippen molar-refractivity contribution in [3.8, 4) is 5.75 Å². The van der Waals surface area contributed by atoms with Crippen molar-refractivity contribution < 1.29 is 19.1 Å². The fraction of sp³-hybridized carbons (Fsp3) is 0.367. The van der Waals surface area contributed by atoms with Gasteiger partial charge in [0.25, 0.3) is 0 Å². The quantitative estimate of drug-likeness (QED) is 0.331. The first kappa shape index (κ1) is 27.7. The second kappa shape index (κ2) is 13.4. The van der Waals surface area contributed by atoms with Crippen molar-refractivity contribution in [2.45, 2.75) is 71.6 Å². The summed E-state index contributed by atoms with van der Waals surface area (Å²) in [4.78, 5) is 29.7. The fourth-order valence-corrected chi connectivity index (χ4v) is 3.63. The number of benzene rings is 2. The molecule has 196 valence electrons. The number of carbonyl (C=O) groups excluding carboxylic acids is 2. The molecule has 0 aliphatic carbocycles. The van der Waals surface area contributed by atoms with Crippen molar-refractivity contribution in [2.75, 3.05) is 5.32 Å². The number of unbranched alkanes of at least 4 members (excludes halogenated alkanes) is 1. The summed E-state index contributed by atoms with van der Waals surface area (Å²) in [6, 6.07) is 18.3. The van der Waals surface area contributed by atoms with Gasteiger partial charge in [-0.05, 0) is 86.7 Å². The summed E-state index contributed by atoms with van der Waals surface area (Å²) < 4.78 is 11.2. The average Bonchev–Trinajstić information content (AvgIpc) is 2.87. The molecular formula is C30H37N3O4. The molecule has 0 radical (unpaired) electrons. The highest BCUT2D eigenvalue weighted by Gasteiger charge is 2.25. The van der Waals surface area contributed by atoms with E-state index in [1.807, 2.05) is 60.7 Å². The number of nitrogens with zero attached hydrogens (tertiary/aromatic N) is 1. The molecule has 0 aliphatic heterocycles. The van der Waals surface area contributed by atoms with E-state index in [-0.39, 0.29) is 5.91 Å². The molecule has 2 N–H and O–H groups in total. The molecule has 3 aromatic rings. The number of anilines is 1. The largest absolute Gasteiger partial charge is 0.489 e. The van der Waals surface area contributed by atoms with Gasteiger partial charge in [0.15, 0.2) is 0 Å². The number of aromatic nitrogens is 1. The summed E-state index contributed by atoms with van der Waals surface area (Å²) >= 11 is 0. The van der Waals surface area contributed by atoms with Gasteiger partial charge in [-0.2, -0.15) is 0 Å². The maximum Gasteiger partial charge on any atom is 0.408 e. The zero-order valence-corrected chi connectivity index (χ0v) is 22.1. The number of pyridine rings is 1. The highest BCUT2D eigenvalue weighted by molar-refractivity contribution is 5.96. The number of ether oxygens (including phenoxy) is 2. The minimum absolute atomic E-state index is 0.296. The standard InChI is InChI=1S/C30H37N3O4/c1-5-6-7-22-8-12-25(13-9-22)32-28(34)27(33-29(35)37-30(2,3)4)20-23-10-14-26(15-11-23)36-21-24-16-18-31-19-17-24/h8-19,27H,5-7,20-21H2,1-4H3,(H,32,34)(H,33,35)/t27-/m0/s1. The number of hydrogen-bond donors (Lipinski definition) is 2. The van der Waals surface area contributed by atoms with Crippen LogP contribution in [0.1, 0.15) is 57.2 Å². The lowest BCUT2D eigenvalue weighted by Gasteiger charge is -2.23. The monoisotopic (exact) mass is 503 g/mol. The fourth-order valence-electron chi connectivity index (χ4n) is 3.63. The first-order valence-corrected chi connectivity index (χ1v) is 12.7. The van der Waals surface area contributed by atoms with Crippen LogP contribution in [-0.2, 0) is 29.0 Å². The lowest BCUT2D eigenvalue weighted by Crippen LogP contribution is -2.47. The van der Waals surface area contributed by atoms with E-state index in [0.29, 0.717) is 24.5 Å². The molecule has 3 rings (SSSR count). The molecule has 2 aromatic carbocycles. The summed E-state index contributed by atoms with van der Waals surface area (Å²) in [5.41, 5.74) is 3.14. The molecule has 0 unspecified atom stereocenters. The van der Waals surface area contributed by atoms with Crippen LogP contribution in [0.3, 0.4) is 0 Å². The minimum Gasteiger partial charge on any atom is -0.489 e. The van der Waals surface area contributed by atoms with E-state index in [2.05, 4.69) is 22.5 Å². The number of hydrogen-bond acceptors (Lipinski definition) is 5. The van der Waals surface area contributed by atoms with E-state index in [1.54, 1.807) is 33.2 Å². The minimum atomic E-state index is -0.821. The van der Waals surface area contributed by atoms with Crippen LogP contribution >= 0.6 is 0 Å². The Balaban J connectivity index is 1.66.